The van der Waals surface area contributed by atoms with Crippen molar-refractivity contribution in [1.82, 2.24) is 19.7 Å². The maximum absolute atomic E-state index is 13.6. The van der Waals surface area contributed by atoms with Gasteiger partial charge >= 0.3 is 6.18 Å². The van der Waals surface area contributed by atoms with Gasteiger partial charge in [0.25, 0.3) is 12.3 Å². The molecule has 0 aliphatic carbocycles. The Morgan fingerprint density at radius 2 is 1.72 bits per heavy atom. The van der Waals surface area contributed by atoms with E-state index in [0.29, 0.717) is 9.37 Å². The molecule has 134 valence electrons. The number of hydrogen-bond donors (Lipinski definition) is 0. The molecule has 0 spiro atoms. The summed E-state index contributed by atoms with van der Waals surface area (Å²) in [5.74, 6) is -2.33. The molecule has 1 atom stereocenters. The first-order valence-corrected chi connectivity index (χ1v) is 7.84. The maximum atomic E-state index is 13.6. The van der Waals surface area contributed by atoms with Crippen molar-refractivity contribution >= 4 is 21.8 Å². The second kappa shape index (κ2) is 6.36. The van der Waals surface area contributed by atoms with Crippen molar-refractivity contribution in [1.29, 1.82) is 0 Å². The number of amides is 1. The molecule has 5 nitrogen and oxygen atoms in total. The van der Waals surface area contributed by atoms with Crippen LogP contribution in [-0.2, 0) is 6.54 Å². The fourth-order valence-electron chi connectivity index (χ4n) is 2.73. The van der Waals surface area contributed by atoms with Crippen LogP contribution in [0.3, 0.4) is 0 Å². The number of aromatic nitrogens is 3. The van der Waals surface area contributed by atoms with Crippen LogP contribution in [-0.4, -0.2) is 38.3 Å². The average Bonchev–Trinajstić information content (AvgIpc) is 2.95. The Bertz CT molecular complexity index is 790. The molecule has 1 aliphatic rings. The van der Waals surface area contributed by atoms with Crippen LogP contribution in [0.15, 0.2) is 28.7 Å². The standard InChI is InChI=1S/C14H10BrF5N4O/c15-8-3-1-7(2-4-8)9(14(18,19)20)23-5-6-24-11(10(16)17)21-22-12(24)13(23)25/h1-4,9-10H,5-6H2. The molecule has 1 aliphatic heterocycles. The summed E-state index contributed by atoms with van der Waals surface area (Å²) in [5, 5.41) is 6.56. The first-order chi connectivity index (χ1) is 11.7. The topological polar surface area (TPSA) is 51.0 Å². The quantitative estimate of drug-likeness (QED) is 0.705. The highest BCUT2D eigenvalue weighted by molar-refractivity contribution is 9.10. The Hall–Kier alpha value is -2.04. The Morgan fingerprint density at radius 1 is 1.08 bits per heavy atom. The van der Waals surface area contributed by atoms with Gasteiger partial charge in [0.2, 0.25) is 11.6 Å². The van der Waals surface area contributed by atoms with Crippen LogP contribution >= 0.6 is 15.9 Å². The summed E-state index contributed by atoms with van der Waals surface area (Å²) in [6.07, 6.45) is -7.71. The highest BCUT2D eigenvalue weighted by Crippen LogP contribution is 2.39. The molecule has 0 saturated carbocycles. The lowest BCUT2D eigenvalue weighted by Gasteiger charge is -2.35. The van der Waals surface area contributed by atoms with Crippen molar-refractivity contribution in [2.24, 2.45) is 0 Å². The van der Waals surface area contributed by atoms with Gasteiger partial charge in [0, 0.05) is 17.6 Å². The number of nitrogens with zero attached hydrogens (tertiary/aromatic N) is 4. The zero-order valence-corrected chi connectivity index (χ0v) is 13.9. The maximum Gasteiger partial charge on any atom is 0.413 e. The van der Waals surface area contributed by atoms with Crippen molar-refractivity contribution in [3.05, 3.63) is 46.0 Å². The van der Waals surface area contributed by atoms with Crippen LogP contribution < -0.4 is 0 Å². The highest BCUT2D eigenvalue weighted by atomic mass is 79.9. The van der Waals surface area contributed by atoms with Gasteiger partial charge in [0.05, 0.1) is 0 Å². The lowest BCUT2D eigenvalue weighted by Crippen LogP contribution is -2.47. The number of carbonyl (C=O) groups excluding carboxylic acids is 1. The first-order valence-electron chi connectivity index (χ1n) is 7.04. The van der Waals surface area contributed by atoms with Gasteiger partial charge in [0.1, 0.15) is 0 Å². The van der Waals surface area contributed by atoms with E-state index in [9.17, 15) is 26.7 Å². The number of hydrogen-bond acceptors (Lipinski definition) is 3. The van der Waals surface area contributed by atoms with Crippen LogP contribution in [0.5, 0.6) is 0 Å². The van der Waals surface area contributed by atoms with Crippen molar-refractivity contribution in [3.8, 4) is 0 Å². The van der Waals surface area contributed by atoms with Crippen LogP contribution in [0, 0.1) is 0 Å². The third-order valence-corrected chi connectivity index (χ3v) is 4.33. The van der Waals surface area contributed by atoms with Gasteiger partial charge in [-0.1, -0.05) is 28.1 Å². The largest absolute Gasteiger partial charge is 0.413 e. The van der Waals surface area contributed by atoms with Gasteiger partial charge in [-0.25, -0.2) is 8.78 Å². The summed E-state index contributed by atoms with van der Waals surface area (Å²) in [6.45, 7) is -0.624. The number of carbonyl (C=O) groups is 1. The van der Waals surface area contributed by atoms with Crippen molar-refractivity contribution in [3.63, 3.8) is 0 Å². The van der Waals surface area contributed by atoms with Gasteiger partial charge in [0.15, 0.2) is 6.04 Å². The summed E-state index contributed by atoms with van der Waals surface area (Å²) < 4.78 is 67.9. The monoisotopic (exact) mass is 424 g/mol. The first kappa shape index (κ1) is 17.8. The zero-order chi connectivity index (χ0) is 18.4. The van der Waals surface area contributed by atoms with Gasteiger partial charge in [-0.3, -0.25) is 4.79 Å². The number of alkyl halides is 5. The molecular formula is C14H10BrF5N4O. The third-order valence-electron chi connectivity index (χ3n) is 3.80. The van der Waals surface area contributed by atoms with E-state index in [1.165, 1.54) is 24.3 Å². The van der Waals surface area contributed by atoms with Crippen LogP contribution in [0.2, 0.25) is 0 Å². The SMILES string of the molecule is O=C1c2nnc(C(F)F)n2CCN1C(c1ccc(Br)cc1)C(F)(F)F. The molecule has 0 fully saturated rings. The summed E-state index contributed by atoms with van der Waals surface area (Å²) in [5.41, 5.74) is -0.133. The molecule has 2 aromatic rings. The molecule has 0 bridgehead atoms. The van der Waals surface area contributed by atoms with Crippen LogP contribution in [0.4, 0.5) is 22.0 Å². The Labute approximate surface area is 146 Å². The van der Waals surface area contributed by atoms with E-state index < -0.39 is 36.2 Å². The second-order valence-corrected chi connectivity index (χ2v) is 6.24. The zero-order valence-electron chi connectivity index (χ0n) is 12.3. The van der Waals surface area contributed by atoms with E-state index in [1.807, 2.05) is 0 Å². The number of benzene rings is 1. The van der Waals surface area contributed by atoms with E-state index in [4.69, 9.17) is 0 Å². The van der Waals surface area contributed by atoms with Crippen molar-refractivity contribution in [2.75, 3.05) is 6.54 Å². The molecule has 11 heteroatoms. The fourth-order valence-corrected chi connectivity index (χ4v) is 2.99. The van der Waals surface area contributed by atoms with Gasteiger partial charge < -0.3 is 9.47 Å². The van der Waals surface area contributed by atoms with Gasteiger partial charge in [-0.2, -0.15) is 13.2 Å². The summed E-state index contributed by atoms with van der Waals surface area (Å²) in [7, 11) is 0. The summed E-state index contributed by atoms with van der Waals surface area (Å²) in [4.78, 5) is 13.0. The van der Waals surface area contributed by atoms with E-state index in [0.717, 1.165) is 4.57 Å². The predicted octanol–water partition coefficient (Wildman–Crippen LogP) is 3.74. The minimum atomic E-state index is -4.74. The summed E-state index contributed by atoms with van der Waals surface area (Å²) >= 11 is 3.14. The number of halogens is 6. The molecule has 25 heavy (non-hydrogen) atoms. The minimum absolute atomic E-state index is 0.133. The molecular weight excluding hydrogens is 415 g/mol. The minimum Gasteiger partial charge on any atom is -0.318 e. The lowest BCUT2D eigenvalue weighted by atomic mass is 10.0. The molecule has 3 rings (SSSR count). The van der Waals surface area contributed by atoms with Crippen molar-refractivity contribution < 1.29 is 26.7 Å². The Kier molecular flexibility index (Phi) is 4.52. The number of fused-ring (bicyclic) bond motifs is 1. The van der Waals surface area contributed by atoms with Gasteiger partial charge in [-0.05, 0) is 17.7 Å². The third kappa shape index (κ3) is 3.24. The smallest absolute Gasteiger partial charge is 0.318 e. The van der Waals surface area contributed by atoms with E-state index in [1.54, 1.807) is 0 Å². The predicted molar refractivity (Wildman–Crippen MR) is 79.0 cm³/mol. The van der Waals surface area contributed by atoms with Crippen LogP contribution in [0.25, 0.3) is 0 Å². The molecule has 1 aromatic carbocycles. The Balaban J connectivity index is 2.00. The average molecular weight is 425 g/mol. The highest BCUT2D eigenvalue weighted by Gasteiger charge is 2.48. The molecule has 1 amide bonds. The van der Waals surface area contributed by atoms with E-state index >= 15 is 0 Å². The fraction of sp³-hybridized carbons (Fsp3) is 0.357. The van der Waals surface area contributed by atoms with Crippen LogP contribution in [0.1, 0.15) is 34.5 Å². The van der Waals surface area contributed by atoms with Crippen molar-refractivity contribution in [2.45, 2.75) is 25.2 Å². The van der Waals surface area contributed by atoms with E-state index in [-0.39, 0.29) is 18.7 Å². The molecule has 0 saturated heterocycles. The lowest BCUT2D eigenvalue weighted by molar-refractivity contribution is -0.180. The molecule has 2 heterocycles. The van der Waals surface area contributed by atoms with Gasteiger partial charge in [-0.15, -0.1) is 10.2 Å². The number of rotatable bonds is 3. The normalized spacial score (nSPS) is 16.3. The molecule has 0 radical (unpaired) electrons. The molecule has 1 unspecified atom stereocenters. The molecule has 1 aromatic heterocycles. The second-order valence-electron chi connectivity index (χ2n) is 5.33. The summed E-state index contributed by atoms with van der Waals surface area (Å²) in [6, 6.07) is 3.16. The molecule has 0 N–H and O–H groups in total. The van der Waals surface area contributed by atoms with E-state index in [2.05, 4.69) is 26.1 Å². The Morgan fingerprint density at radius 3 is 2.28 bits per heavy atom.